The van der Waals surface area contributed by atoms with E-state index in [9.17, 15) is 4.79 Å². The van der Waals surface area contributed by atoms with E-state index in [0.29, 0.717) is 5.56 Å². The van der Waals surface area contributed by atoms with Crippen molar-refractivity contribution in [1.82, 2.24) is 10.2 Å². The molecule has 3 aromatic rings. The standard InChI is InChI=1S/C16H22N4O.C14H10.CH4O/c17-13-14-5-7-15(8-6-14)19-16(21)20-11-3-1-9-18-10-2-4-12-20;1-3-7-13(8-4-1)11-12-14-9-5-2-6-10-14;1-2/h5-8,18H,1-4,9-12H2,(H,19,21);1-10H;2H,1H3. The Labute approximate surface area is 221 Å². The molecule has 2 amide bonds. The minimum atomic E-state index is -0.0479. The molecule has 0 bridgehead atoms. The molecule has 0 saturated carbocycles. The molecule has 192 valence electrons. The van der Waals surface area contributed by atoms with Gasteiger partial charge in [0.15, 0.2) is 0 Å². The van der Waals surface area contributed by atoms with Gasteiger partial charge in [-0.1, -0.05) is 48.2 Å². The molecular formula is C31H36N4O2. The highest BCUT2D eigenvalue weighted by molar-refractivity contribution is 5.89. The predicted octanol–water partition coefficient (Wildman–Crippen LogP) is 5.25. The first-order chi connectivity index (χ1) is 18.2. The molecular weight excluding hydrogens is 460 g/mol. The number of nitrogens with zero attached hydrogens (tertiary/aromatic N) is 2. The zero-order valence-electron chi connectivity index (χ0n) is 21.5. The van der Waals surface area contributed by atoms with E-state index in [2.05, 4.69) is 28.5 Å². The van der Waals surface area contributed by atoms with Gasteiger partial charge in [-0.15, -0.1) is 0 Å². The fourth-order valence-electron chi connectivity index (χ4n) is 3.56. The predicted molar refractivity (Wildman–Crippen MR) is 150 cm³/mol. The molecule has 3 aromatic carbocycles. The molecule has 0 radical (unpaired) electrons. The van der Waals surface area contributed by atoms with E-state index in [1.54, 1.807) is 24.3 Å². The minimum absolute atomic E-state index is 0.0479. The maximum absolute atomic E-state index is 12.3. The first-order valence-electron chi connectivity index (χ1n) is 12.6. The summed E-state index contributed by atoms with van der Waals surface area (Å²) in [6, 6.07) is 29.0. The van der Waals surface area contributed by atoms with Crippen LogP contribution in [0.4, 0.5) is 10.5 Å². The van der Waals surface area contributed by atoms with Crippen molar-refractivity contribution in [3.05, 3.63) is 102 Å². The fourth-order valence-corrected chi connectivity index (χ4v) is 3.56. The van der Waals surface area contributed by atoms with Crippen LogP contribution < -0.4 is 10.6 Å². The number of carbonyl (C=O) groups is 1. The summed E-state index contributed by atoms with van der Waals surface area (Å²) in [5.41, 5.74) is 3.44. The topological polar surface area (TPSA) is 88.4 Å². The Balaban J connectivity index is 0.000000260. The molecule has 6 heteroatoms. The number of amides is 2. The van der Waals surface area contributed by atoms with Gasteiger partial charge in [0, 0.05) is 37.0 Å². The van der Waals surface area contributed by atoms with Gasteiger partial charge in [-0.05, 0) is 87.3 Å². The maximum atomic E-state index is 12.3. The van der Waals surface area contributed by atoms with Crippen LogP contribution >= 0.6 is 0 Å². The summed E-state index contributed by atoms with van der Waals surface area (Å²) in [7, 11) is 1.00. The Bertz CT molecular complexity index is 1080. The van der Waals surface area contributed by atoms with Gasteiger partial charge in [0.2, 0.25) is 0 Å². The van der Waals surface area contributed by atoms with Gasteiger partial charge in [0.25, 0.3) is 0 Å². The summed E-state index contributed by atoms with van der Waals surface area (Å²) >= 11 is 0. The van der Waals surface area contributed by atoms with Crippen molar-refractivity contribution in [1.29, 1.82) is 5.26 Å². The van der Waals surface area contributed by atoms with E-state index in [-0.39, 0.29) is 6.03 Å². The van der Waals surface area contributed by atoms with Gasteiger partial charge < -0.3 is 20.6 Å². The first-order valence-corrected chi connectivity index (χ1v) is 12.6. The van der Waals surface area contributed by atoms with Gasteiger partial charge in [0.1, 0.15) is 0 Å². The second-order valence-electron chi connectivity index (χ2n) is 8.25. The first kappa shape index (κ1) is 29.1. The van der Waals surface area contributed by atoms with E-state index in [1.807, 2.05) is 65.6 Å². The highest BCUT2D eigenvalue weighted by atomic mass is 16.2. The molecule has 0 aliphatic carbocycles. The number of aliphatic hydroxyl groups excluding tert-OH is 1. The lowest BCUT2D eigenvalue weighted by Crippen LogP contribution is -2.37. The van der Waals surface area contributed by atoms with Crippen LogP contribution in [-0.2, 0) is 0 Å². The van der Waals surface area contributed by atoms with E-state index in [0.717, 1.165) is 75.8 Å². The van der Waals surface area contributed by atoms with Crippen molar-refractivity contribution in [3.63, 3.8) is 0 Å². The highest BCUT2D eigenvalue weighted by Crippen LogP contribution is 2.11. The molecule has 1 heterocycles. The Morgan fingerprint density at radius 3 is 1.70 bits per heavy atom. The van der Waals surface area contributed by atoms with Crippen molar-refractivity contribution in [2.75, 3.05) is 38.6 Å². The molecule has 4 rings (SSSR count). The summed E-state index contributed by atoms with van der Waals surface area (Å²) < 4.78 is 0. The summed E-state index contributed by atoms with van der Waals surface area (Å²) in [6.07, 6.45) is 4.24. The number of aliphatic hydroxyl groups is 1. The van der Waals surface area contributed by atoms with Gasteiger partial charge in [-0.2, -0.15) is 5.26 Å². The van der Waals surface area contributed by atoms with Crippen molar-refractivity contribution in [3.8, 4) is 17.9 Å². The van der Waals surface area contributed by atoms with Crippen LogP contribution in [0.25, 0.3) is 0 Å². The number of rotatable bonds is 1. The third-order valence-corrected chi connectivity index (χ3v) is 5.51. The average Bonchev–Trinajstić information content (AvgIpc) is 2.97. The quantitative estimate of drug-likeness (QED) is 0.402. The van der Waals surface area contributed by atoms with Crippen molar-refractivity contribution in [2.45, 2.75) is 25.7 Å². The lowest BCUT2D eigenvalue weighted by atomic mass is 10.2. The van der Waals surface area contributed by atoms with Crippen molar-refractivity contribution >= 4 is 11.7 Å². The molecule has 1 aliphatic heterocycles. The fraction of sp³-hybridized carbons (Fsp3) is 0.290. The Morgan fingerprint density at radius 1 is 0.757 bits per heavy atom. The van der Waals surface area contributed by atoms with Gasteiger partial charge in [-0.3, -0.25) is 0 Å². The van der Waals surface area contributed by atoms with Crippen LogP contribution in [0, 0.1) is 23.2 Å². The summed E-state index contributed by atoms with van der Waals surface area (Å²) in [5, 5.41) is 22.1. The number of urea groups is 1. The monoisotopic (exact) mass is 496 g/mol. The molecule has 6 nitrogen and oxygen atoms in total. The summed E-state index contributed by atoms with van der Waals surface area (Å²) in [5.74, 6) is 6.22. The van der Waals surface area contributed by atoms with Gasteiger partial charge >= 0.3 is 6.03 Å². The molecule has 0 atom stereocenters. The summed E-state index contributed by atoms with van der Waals surface area (Å²) in [4.78, 5) is 14.2. The number of benzene rings is 3. The van der Waals surface area contributed by atoms with Crippen LogP contribution in [0.1, 0.15) is 42.4 Å². The lowest BCUT2D eigenvalue weighted by molar-refractivity contribution is 0.208. The zero-order chi connectivity index (χ0) is 26.6. The van der Waals surface area contributed by atoms with Crippen LogP contribution in [0.5, 0.6) is 0 Å². The normalized spacial score (nSPS) is 13.1. The Morgan fingerprint density at radius 2 is 1.24 bits per heavy atom. The van der Waals surface area contributed by atoms with Crippen LogP contribution in [0.15, 0.2) is 84.9 Å². The molecule has 1 aliphatic rings. The number of hydrogen-bond acceptors (Lipinski definition) is 4. The third kappa shape index (κ3) is 11.9. The molecule has 3 N–H and O–H groups in total. The molecule has 0 unspecified atom stereocenters. The second kappa shape index (κ2) is 18.2. The summed E-state index contributed by atoms with van der Waals surface area (Å²) in [6.45, 7) is 3.66. The SMILES string of the molecule is C(#Cc1ccccc1)c1ccccc1.CO.N#Cc1ccc(NC(=O)N2CCCCNCCCC2)cc1. The van der Waals surface area contributed by atoms with Crippen LogP contribution in [0.2, 0.25) is 0 Å². The zero-order valence-corrected chi connectivity index (χ0v) is 21.5. The number of carbonyl (C=O) groups excluding carboxylic acids is 1. The second-order valence-corrected chi connectivity index (χ2v) is 8.25. The van der Waals surface area contributed by atoms with E-state index in [4.69, 9.17) is 10.4 Å². The number of nitrogens with one attached hydrogen (secondary N) is 2. The maximum Gasteiger partial charge on any atom is 0.321 e. The van der Waals surface area contributed by atoms with Crippen molar-refractivity contribution in [2.24, 2.45) is 0 Å². The Kier molecular flexibility index (Phi) is 14.3. The molecule has 1 saturated heterocycles. The molecule has 0 spiro atoms. The minimum Gasteiger partial charge on any atom is -0.400 e. The number of anilines is 1. The molecule has 0 aromatic heterocycles. The van der Waals surface area contributed by atoms with Crippen LogP contribution in [0.3, 0.4) is 0 Å². The lowest BCUT2D eigenvalue weighted by Gasteiger charge is -2.24. The molecule has 1 fully saturated rings. The Hall–Kier alpha value is -4.10. The van der Waals surface area contributed by atoms with Gasteiger partial charge in [-0.25, -0.2) is 4.79 Å². The van der Waals surface area contributed by atoms with E-state index in [1.165, 1.54) is 0 Å². The molecule has 37 heavy (non-hydrogen) atoms. The third-order valence-electron chi connectivity index (χ3n) is 5.51. The van der Waals surface area contributed by atoms with E-state index >= 15 is 0 Å². The van der Waals surface area contributed by atoms with Crippen molar-refractivity contribution < 1.29 is 9.90 Å². The van der Waals surface area contributed by atoms with Crippen LogP contribution in [-0.4, -0.2) is 49.3 Å². The smallest absolute Gasteiger partial charge is 0.321 e. The number of hydrogen-bond donors (Lipinski definition) is 3. The largest absolute Gasteiger partial charge is 0.400 e. The highest BCUT2D eigenvalue weighted by Gasteiger charge is 2.13. The van der Waals surface area contributed by atoms with Gasteiger partial charge in [0.05, 0.1) is 11.6 Å². The van der Waals surface area contributed by atoms with E-state index < -0.39 is 0 Å². The average molecular weight is 497 g/mol. The number of nitriles is 1.